The Labute approximate surface area is 157 Å². The van der Waals surface area contributed by atoms with Gasteiger partial charge in [-0.1, -0.05) is 73.8 Å². The number of hydrogen-bond donors (Lipinski definition) is 0. The van der Waals surface area contributed by atoms with Crippen molar-refractivity contribution in [2.45, 2.75) is 49.4 Å². The van der Waals surface area contributed by atoms with Gasteiger partial charge in [0.05, 0.1) is 0 Å². The van der Waals surface area contributed by atoms with Crippen molar-refractivity contribution >= 4 is 12.2 Å². The van der Waals surface area contributed by atoms with E-state index in [2.05, 4.69) is 61.7 Å². The van der Waals surface area contributed by atoms with Gasteiger partial charge in [0.25, 0.3) is 0 Å². The topological polar surface area (TPSA) is 0 Å². The summed E-state index contributed by atoms with van der Waals surface area (Å²) in [5, 5.41) is 0. The molecule has 2 aromatic carbocycles. The van der Waals surface area contributed by atoms with Crippen molar-refractivity contribution < 1.29 is 0 Å². The van der Waals surface area contributed by atoms with E-state index in [4.69, 9.17) is 0 Å². The van der Waals surface area contributed by atoms with E-state index < -0.39 is 0 Å². The molecule has 26 heavy (non-hydrogen) atoms. The predicted octanol–water partition coefficient (Wildman–Crippen LogP) is 6.76. The minimum absolute atomic E-state index is 0.390. The summed E-state index contributed by atoms with van der Waals surface area (Å²) in [5.41, 5.74) is 6.39. The molecule has 0 spiro atoms. The van der Waals surface area contributed by atoms with E-state index in [1.807, 2.05) is 12.2 Å². The highest BCUT2D eigenvalue weighted by molar-refractivity contribution is 5.50. The highest BCUT2D eigenvalue weighted by Crippen LogP contribution is 2.66. The van der Waals surface area contributed by atoms with Crippen LogP contribution in [0, 0.1) is 11.8 Å². The molecule has 6 rings (SSSR count). The van der Waals surface area contributed by atoms with Gasteiger partial charge in [0.15, 0.2) is 0 Å². The molecule has 4 bridgehead atoms. The van der Waals surface area contributed by atoms with Gasteiger partial charge < -0.3 is 0 Å². The molecular formula is C26H28. The third-order valence-corrected chi connectivity index (χ3v) is 7.58. The molecular weight excluding hydrogens is 312 g/mol. The van der Waals surface area contributed by atoms with Crippen LogP contribution in [-0.4, -0.2) is 0 Å². The predicted molar refractivity (Wildman–Crippen MR) is 111 cm³/mol. The Kier molecular flexibility index (Phi) is 3.54. The van der Waals surface area contributed by atoms with E-state index in [9.17, 15) is 0 Å². The molecule has 4 aliphatic carbocycles. The van der Waals surface area contributed by atoms with Crippen LogP contribution in [0.3, 0.4) is 0 Å². The third-order valence-electron chi connectivity index (χ3n) is 7.58. The fraction of sp³-hybridized carbons (Fsp3) is 0.385. The number of hydrogen-bond acceptors (Lipinski definition) is 0. The Bertz CT molecular complexity index is 753. The van der Waals surface area contributed by atoms with E-state index in [1.165, 1.54) is 49.7 Å². The van der Waals surface area contributed by atoms with Crippen LogP contribution >= 0.6 is 0 Å². The lowest BCUT2D eigenvalue weighted by Crippen LogP contribution is -2.55. The summed E-state index contributed by atoms with van der Waals surface area (Å²) in [4.78, 5) is 0. The van der Waals surface area contributed by atoms with Gasteiger partial charge in [-0.05, 0) is 83.4 Å². The van der Waals surface area contributed by atoms with E-state index in [-0.39, 0.29) is 0 Å². The molecule has 2 aromatic rings. The van der Waals surface area contributed by atoms with Crippen LogP contribution in [0.1, 0.15) is 60.8 Å². The van der Waals surface area contributed by atoms with Crippen LogP contribution in [0.2, 0.25) is 0 Å². The average Bonchev–Trinajstić information content (AvgIpc) is 2.67. The first-order valence-electron chi connectivity index (χ1n) is 10.1. The third kappa shape index (κ3) is 2.35. The monoisotopic (exact) mass is 340 g/mol. The highest BCUT2D eigenvalue weighted by Gasteiger charge is 2.58. The normalized spacial score (nSPS) is 34.6. The maximum Gasteiger partial charge on any atom is -0.00332 e. The van der Waals surface area contributed by atoms with Gasteiger partial charge in [-0.15, -0.1) is 0 Å². The van der Waals surface area contributed by atoms with E-state index >= 15 is 0 Å². The minimum Gasteiger partial charge on any atom is -0.0985 e. The molecule has 4 aliphatic rings. The Morgan fingerprint density at radius 1 is 0.654 bits per heavy atom. The second kappa shape index (κ2) is 5.71. The largest absolute Gasteiger partial charge is 0.0985 e. The fourth-order valence-corrected chi connectivity index (χ4v) is 6.88. The molecule has 0 radical (unpaired) electrons. The van der Waals surface area contributed by atoms with E-state index in [1.54, 1.807) is 11.1 Å². The summed E-state index contributed by atoms with van der Waals surface area (Å²) in [5.74, 6) is 1.80. The van der Waals surface area contributed by atoms with Crippen molar-refractivity contribution in [3.05, 3.63) is 83.9 Å². The molecule has 0 aromatic heterocycles. The van der Waals surface area contributed by atoms with Crippen molar-refractivity contribution in [3.8, 4) is 0 Å². The molecule has 132 valence electrons. The molecule has 0 unspecified atom stereocenters. The van der Waals surface area contributed by atoms with Crippen LogP contribution in [0.25, 0.3) is 12.2 Å². The lowest BCUT2D eigenvalue weighted by molar-refractivity contribution is -0.0281. The van der Waals surface area contributed by atoms with Gasteiger partial charge in [0, 0.05) is 0 Å². The maximum absolute atomic E-state index is 3.91. The molecule has 0 saturated heterocycles. The zero-order valence-electron chi connectivity index (χ0n) is 15.6. The first-order chi connectivity index (χ1) is 12.6. The van der Waals surface area contributed by atoms with Gasteiger partial charge in [0.1, 0.15) is 0 Å². The number of rotatable bonds is 4. The molecule has 0 N–H and O–H groups in total. The van der Waals surface area contributed by atoms with Crippen LogP contribution in [0.15, 0.2) is 61.7 Å². The van der Waals surface area contributed by atoms with Crippen molar-refractivity contribution in [2.75, 3.05) is 0 Å². The van der Waals surface area contributed by atoms with Crippen LogP contribution in [0.5, 0.6) is 0 Å². The summed E-state index contributed by atoms with van der Waals surface area (Å²) < 4.78 is 0. The molecule has 0 aliphatic heterocycles. The molecule has 4 fully saturated rings. The Morgan fingerprint density at radius 3 is 1.38 bits per heavy atom. The standard InChI is InChI=1S/C26H28/c1-3-19-5-9-23(10-6-19)25-14-21-13-22(15-25)17-26(16-21,18-25)24-11-7-20(4-2)8-12-24/h3-12,21-22H,1-2,13-18H2. The minimum atomic E-state index is 0.390. The fourth-order valence-electron chi connectivity index (χ4n) is 6.88. The first kappa shape index (κ1) is 16.1. The molecule has 0 heterocycles. The lowest BCUT2D eigenvalue weighted by atomic mass is 9.41. The van der Waals surface area contributed by atoms with Gasteiger partial charge >= 0.3 is 0 Å². The van der Waals surface area contributed by atoms with Crippen molar-refractivity contribution in [1.29, 1.82) is 0 Å². The van der Waals surface area contributed by atoms with E-state index in [0.717, 1.165) is 11.8 Å². The smallest absolute Gasteiger partial charge is 0.00332 e. The van der Waals surface area contributed by atoms with Crippen molar-refractivity contribution in [1.82, 2.24) is 0 Å². The molecule has 4 saturated carbocycles. The van der Waals surface area contributed by atoms with Gasteiger partial charge in [-0.25, -0.2) is 0 Å². The molecule has 0 nitrogen and oxygen atoms in total. The quantitative estimate of drug-likeness (QED) is 0.576. The second-order valence-electron chi connectivity index (χ2n) is 9.17. The summed E-state index contributed by atoms with van der Waals surface area (Å²) in [7, 11) is 0. The maximum atomic E-state index is 3.91. The molecule has 0 heteroatoms. The summed E-state index contributed by atoms with van der Waals surface area (Å²) >= 11 is 0. The SMILES string of the molecule is C=Cc1ccc(C23CC4CC(C2)CC(c2ccc(C=C)cc2)(C4)C3)cc1. The summed E-state index contributed by atoms with van der Waals surface area (Å²) in [6.07, 6.45) is 12.3. The van der Waals surface area contributed by atoms with Crippen LogP contribution < -0.4 is 0 Å². The molecule has 0 amide bonds. The van der Waals surface area contributed by atoms with Crippen LogP contribution in [-0.2, 0) is 10.8 Å². The zero-order chi connectivity index (χ0) is 17.8. The summed E-state index contributed by atoms with van der Waals surface area (Å²) in [6, 6.07) is 18.6. The summed E-state index contributed by atoms with van der Waals surface area (Å²) in [6.45, 7) is 7.82. The Balaban J connectivity index is 1.56. The van der Waals surface area contributed by atoms with E-state index in [0.29, 0.717) is 10.8 Å². The van der Waals surface area contributed by atoms with Gasteiger partial charge in [-0.2, -0.15) is 0 Å². The first-order valence-corrected chi connectivity index (χ1v) is 10.1. The molecule has 0 atom stereocenters. The van der Waals surface area contributed by atoms with Crippen molar-refractivity contribution in [2.24, 2.45) is 11.8 Å². The van der Waals surface area contributed by atoms with Crippen molar-refractivity contribution in [3.63, 3.8) is 0 Å². The second-order valence-corrected chi connectivity index (χ2v) is 9.17. The van der Waals surface area contributed by atoms with Crippen LogP contribution in [0.4, 0.5) is 0 Å². The average molecular weight is 341 g/mol. The Morgan fingerprint density at radius 2 is 1.04 bits per heavy atom. The number of benzene rings is 2. The van der Waals surface area contributed by atoms with Gasteiger partial charge in [0.2, 0.25) is 0 Å². The highest BCUT2D eigenvalue weighted by atomic mass is 14.6. The lowest BCUT2D eigenvalue weighted by Gasteiger charge is -2.63. The Hall–Kier alpha value is -2.08. The zero-order valence-corrected chi connectivity index (χ0v) is 15.6. The van der Waals surface area contributed by atoms with Gasteiger partial charge in [-0.3, -0.25) is 0 Å².